The zero-order valence-electron chi connectivity index (χ0n) is 19.2. The molecule has 0 spiro atoms. The zero-order valence-corrected chi connectivity index (χ0v) is 21.5. The molecule has 1 aromatic heterocycles. The van der Waals surface area contributed by atoms with Gasteiger partial charge >= 0.3 is 0 Å². The second-order valence-electron chi connectivity index (χ2n) is 8.20. The lowest BCUT2D eigenvalue weighted by molar-refractivity contribution is 0.166. The molecule has 2 N–H and O–H groups in total. The van der Waals surface area contributed by atoms with E-state index >= 15 is 0 Å². The van der Waals surface area contributed by atoms with Gasteiger partial charge in [-0.1, -0.05) is 30.3 Å². The van der Waals surface area contributed by atoms with Crippen molar-refractivity contribution in [2.75, 3.05) is 32.7 Å². The van der Waals surface area contributed by atoms with E-state index in [1.54, 1.807) is 0 Å². The number of aromatic nitrogens is 1. The van der Waals surface area contributed by atoms with E-state index in [2.05, 4.69) is 57.8 Å². The topological polar surface area (TPSA) is 65.7 Å². The van der Waals surface area contributed by atoms with Crippen LogP contribution in [0.4, 0.5) is 0 Å². The Kier molecular flexibility index (Phi) is 11.4. The molecule has 6 nitrogen and oxygen atoms in total. The van der Waals surface area contributed by atoms with Crippen LogP contribution in [-0.2, 0) is 13.0 Å². The fourth-order valence-corrected chi connectivity index (χ4v) is 3.83. The number of aliphatic imine (C=N–C) groups is 1. The minimum absolute atomic E-state index is 0. The number of piperidine rings is 1. The molecule has 0 amide bonds. The normalized spacial score (nSPS) is 15.5. The lowest BCUT2D eigenvalue weighted by Crippen LogP contribution is -2.39. The van der Waals surface area contributed by atoms with Crippen molar-refractivity contribution in [3.05, 3.63) is 53.2 Å². The first-order chi connectivity index (χ1) is 14.6. The molecule has 0 aliphatic carbocycles. The van der Waals surface area contributed by atoms with Crippen molar-refractivity contribution in [3.63, 3.8) is 0 Å². The van der Waals surface area contributed by atoms with Gasteiger partial charge in [0.15, 0.2) is 5.96 Å². The lowest BCUT2D eigenvalue weighted by atomic mass is 9.97. The Labute approximate surface area is 204 Å². The summed E-state index contributed by atoms with van der Waals surface area (Å²) < 4.78 is 5.73. The number of hydrogen-bond donors (Lipinski definition) is 2. The molecule has 1 aliphatic rings. The summed E-state index contributed by atoms with van der Waals surface area (Å²) >= 11 is 0. The van der Waals surface area contributed by atoms with Crippen LogP contribution in [0.15, 0.2) is 39.7 Å². The molecule has 1 aliphatic heterocycles. The van der Waals surface area contributed by atoms with Gasteiger partial charge in [0, 0.05) is 19.6 Å². The number of rotatable bonds is 9. The number of oxazole rings is 1. The molecule has 1 saturated heterocycles. The lowest BCUT2D eigenvalue weighted by Gasteiger charge is -2.30. The third kappa shape index (κ3) is 8.80. The van der Waals surface area contributed by atoms with E-state index in [0.717, 1.165) is 75.4 Å². The predicted molar refractivity (Wildman–Crippen MR) is 138 cm³/mol. The van der Waals surface area contributed by atoms with Crippen molar-refractivity contribution in [3.8, 4) is 0 Å². The van der Waals surface area contributed by atoms with Crippen molar-refractivity contribution in [1.29, 1.82) is 0 Å². The average molecular weight is 540 g/mol. The summed E-state index contributed by atoms with van der Waals surface area (Å²) in [5.74, 6) is 3.37. The van der Waals surface area contributed by atoms with E-state index < -0.39 is 0 Å². The summed E-state index contributed by atoms with van der Waals surface area (Å²) in [5, 5.41) is 6.87. The highest BCUT2D eigenvalue weighted by Gasteiger charge is 2.20. The maximum absolute atomic E-state index is 5.73. The van der Waals surface area contributed by atoms with Gasteiger partial charge in [0.1, 0.15) is 5.76 Å². The Morgan fingerprint density at radius 2 is 1.90 bits per heavy atom. The number of guanidine groups is 1. The molecule has 0 unspecified atom stereocenters. The van der Waals surface area contributed by atoms with Crippen molar-refractivity contribution in [1.82, 2.24) is 20.5 Å². The van der Waals surface area contributed by atoms with Gasteiger partial charge in [-0.15, -0.1) is 24.0 Å². The summed E-state index contributed by atoms with van der Waals surface area (Å²) in [7, 11) is 0. The van der Waals surface area contributed by atoms with Gasteiger partial charge in [-0.25, -0.2) is 4.98 Å². The van der Waals surface area contributed by atoms with Crippen molar-refractivity contribution < 1.29 is 4.42 Å². The molecule has 0 saturated carbocycles. The molecule has 0 atom stereocenters. The number of benzene rings is 1. The van der Waals surface area contributed by atoms with Gasteiger partial charge in [0.2, 0.25) is 5.89 Å². The number of likely N-dealkylation sites (tertiary alicyclic amines) is 1. The zero-order chi connectivity index (χ0) is 21.2. The highest BCUT2D eigenvalue weighted by molar-refractivity contribution is 14.0. The van der Waals surface area contributed by atoms with Crippen LogP contribution in [0.25, 0.3) is 0 Å². The van der Waals surface area contributed by atoms with Crippen LogP contribution in [0.1, 0.15) is 49.1 Å². The summed E-state index contributed by atoms with van der Waals surface area (Å²) in [6, 6.07) is 10.7. The monoisotopic (exact) mass is 539 g/mol. The molecule has 0 bridgehead atoms. The number of aryl methyl sites for hydroxylation is 3. The number of nitrogens with one attached hydrogen (secondary N) is 2. The Morgan fingerprint density at radius 3 is 2.55 bits per heavy atom. The van der Waals surface area contributed by atoms with E-state index in [1.165, 1.54) is 18.4 Å². The Morgan fingerprint density at radius 1 is 1.16 bits per heavy atom. The molecule has 1 fully saturated rings. The second-order valence-corrected chi connectivity index (χ2v) is 8.20. The van der Waals surface area contributed by atoms with Gasteiger partial charge in [-0.2, -0.15) is 0 Å². The maximum atomic E-state index is 5.73. The predicted octanol–water partition coefficient (Wildman–Crippen LogP) is 4.31. The van der Waals surface area contributed by atoms with Crippen LogP contribution in [0.5, 0.6) is 0 Å². The van der Waals surface area contributed by atoms with Crippen molar-refractivity contribution in [2.24, 2.45) is 10.9 Å². The second kappa shape index (κ2) is 13.7. The number of hydrogen-bond acceptors (Lipinski definition) is 4. The molecule has 3 rings (SSSR count). The highest BCUT2D eigenvalue weighted by Crippen LogP contribution is 2.20. The SMILES string of the molecule is CCNC(=NCC1CCN(Cc2nc(C)c(C)o2)CC1)NCCCc1ccccc1.I. The first-order valence-corrected chi connectivity index (χ1v) is 11.4. The van der Waals surface area contributed by atoms with E-state index in [0.29, 0.717) is 5.92 Å². The average Bonchev–Trinajstić information content (AvgIpc) is 3.07. The Hall–Kier alpha value is -1.61. The summed E-state index contributed by atoms with van der Waals surface area (Å²) in [6.07, 6.45) is 4.55. The minimum atomic E-state index is 0. The van der Waals surface area contributed by atoms with E-state index in [-0.39, 0.29) is 24.0 Å². The van der Waals surface area contributed by atoms with Gasteiger partial charge in [0.25, 0.3) is 0 Å². The highest BCUT2D eigenvalue weighted by atomic mass is 127. The van der Waals surface area contributed by atoms with Crippen molar-refractivity contribution >= 4 is 29.9 Å². The number of nitrogens with zero attached hydrogens (tertiary/aromatic N) is 3. The van der Waals surface area contributed by atoms with Gasteiger partial charge in [0.05, 0.1) is 12.2 Å². The van der Waals surface area contributed by atoms with Gasteiger partial charge < -0.3 is 15.1 Å². The smallest absolute Gasteiger partial charge is 0.208 e. The number of halogens is 1. The molecule has 0 radical (unpaired) electrons. The van der Waals surface area contributed by atoms with Crippen molar-refractivity contribution in [2.45, 2.75) is 53.0 Å². The fraction of sp³-hybridized carbons (Fsp3) is 0.583. The quantitative estimate of drug-likeness (QED) is 0.215. The van der Waals surface area contributed by atoms with Gasteiger partial charge in [-0.3, -0.25) is 9.89 Å². The first kappa shape index (κ1) is 25.6. The molecule has 2 heterocycles. The van der Waals surface area contributed by atoms with E-state index in [9.17, 15) is 0 Å². The standard InChI is InChI=1S/C24H37N5O.HI/c1-4-25-24(26-14-8-11-21-9-6-5-7-10-21)27-17-22-12-15-29(16-13-22)18-23-28-19(2)20(3)30-23;/h5-7,9-10,22H,4,8,11-18H2,1-3H3,(H2,25,26,27);1H. The summed E-state index contributed by atoms with van der Waals surface area (Å²) in [6.45, 7) is 11.8. The van der Waals surface area contributed by atoms with E-state index in [4.69, 9.17) is 9.41 Å². The van der Waals surface area contributed by atoms with Crippen LogP contribution in [0.2, 0.25) is 0 Å². The van der Waals surface area contributed by atoms with Gasteiger partial charge in [-0.05, 0) is 71.0 Å². The molecule has 2 aromatic rings. The molecule has 1 aromatic carbocycles. The van der Waals surface area contributed by atoms with Crippen LogP contribution in [0, 0.1) is 19.8 Å². The van der Waals surface area contributed by atoms with E-state index in [1.807, 2.05) is 13.8 Å². The minimum Gasteiger partial charge on any atom is -0.444 e. The third-order valence-corrected chi connectivity index (χ3v) is 5.77. The molecular weight excluding hydrogens is 501 g/mol. The van der Waals surface area contributed by atoms with Crippen LogP contribution in [-0.4, -0.2) is 48.6 Å². The first-order valence-electron chi connectivity index (χ1n) is 11.4. The fourth-order valence-electron chi connectivity index (χ4n) is 3.83. The molecule has 31 heavy (non-hydrogen) atoms. The third-order valence-electron chi connectivity index (χ3n) is 5.77. The molecular formula is C24H38IN5O. The van der Waals surface area contributed by atoms with Crippen LogP contribution >= 0.6 is 24.0 Å². The Balaban J connectivity index is 0.00000341. The van der Waals surface area contributed by atoms with Crippen LogP contribution < -0.4 is 10.6 Å². The summed E-state index contributed by atoms with van der Waals surface area (Å²) in [5.41, 5.74) is 2.39. The maximum Gasteiger partial charge on any atom is 0.208 e. The van der Waals surface area contributed by atoms with Crippen LogP contribution in [0.3, 0.4) is 0 Å². The molecule has 172 valence electrons. The largest absolute Gasteiger partial charge is 0.444 e. The Bertz CT molecular complexity index is 765. The molecule has 7 heteroatoms. The summed E-state index contributed by atoms with van der Waals surface area (Å²) in [4.78, 5) is 11.8.